The van der Waals surface area contributed by atoms with Crippen LogP contribution >= 0.6 is 0 Å². The smallest absolute Gasteiger partial charge is 0.200 e. The Kier molecular flexibility index (Phi) is 4.08. The van der Waals surface area contributed by atoms with Crippen molar-refractivity contribution in [2.45, 2.75) is 26.3 Å². The first kappa shape index (κ1) is 13.9. The second-order valence-electron chi connectivity index (χ2n) is 4.22. The van der Waals surface area contributed by atoms with Crippen molar-refractivity contribution in [2.75, 3.05) is 0 Å². The van der Waals surface area contributed by atoms with Gasteiger partial charge in [0.25, 0.3) is 0 Å². The van der Waals surface area contributed by atoms with Crippen molar-refractivity contribution >= 4 is 0 Å². The van der Waals surface area contributed by atoms with Crippen molar-refractivity contribution < 1.29 is 22.0 Å². The highest BCUT2D eigenvalue weighted by atomic mass is 19.2. The molecule has 6 heteroatoms. The van der Waals surface area contributed by atoms with Gasteiger partial charge in [0.15, 0.2) is 23.3 Å². The summed E-state index contributed by atoms with van der Waals surface area (Å²) in [6.45, 7) is 3.46. The summed E-state index contributed by atoms with van der Waals surface area (Å²) in [4.78, 5) is 0. The van der Waals surface area contributed by atoms with E-state index in [1.54, 1.807) is 13.8 Å². The Morgan fingerprint density at radius 1 is 0.824 bits per heavy atom. The largest absolute Gasteiger partial charge is 0.324 e. The average molecular weight is 253 g/mol. The molecule has 1 atom stereocenters. The van der Waals surface area contributed by atoms with Crippen LogP contribution in [-0.4, -0.2) is 0 Å². The van der Waals surface area contributed by atoms with Gasteiger partial charge in [-0.2, -0.15) is 0 Å². The normalized spacial score (nSPS) is 13.2. The van der Waals surface area contributed by atoms with E-state index in [4.69, 9.17) is 5.73 Å². The van der Waals surface area contributed by atoms with E-state index in [-0.39, 0.29) is 12.3 Å². The first-order valence-corrected chi connectivity index (χ1v) is 5.04. The van der Waals surface area contributed by atoms with Crippen molar-refractivity contribution in [1.82, 2.24) is 0 Å². The minimum Gasteiger partial charge on any atom is -0.324 e. The van der Waals surface area contributed by atoms with E-state index < -0.39 is 40.7 Å². The van der Waals surface area contributed by atoms with Crippen LogP contribution in [0.5, 0.6) is 0 Å². The summed E-state index contributed by atoms with van der Waals surface area (Å²) in [5, 5.41) is 0. The molecule has 0 radical (unpaired) electrons. The van der Waals surface area contributed by atoms with E-state index in [0.717, 1.165) is 0 Å². The lowest BCUT2D eigenvalue weighted by atomic mass is 9.96. The molecule has 1 rings (SSSR count). The summed E-state index contributed by atoms with van der Waals surface area (Å²) >= 11 is 0. The Bertz CT molecular complexity index is 401. The van der Waals surface area contributed by atoms with E-state index in [0.29, 0.717) is 0 Å². The molecule has 0 saturated carbocycles. The molecule has 0 spiro atoms. The van der Waals surface area contributed by atoms with Gasteiger partial charge < -0.3 is 5.73 Å². The fourth-order valence-electron chi connectivity index (χ4n) is 1.57. The Morgan fingerprint density at radius 3 is 1.53 bits per heavy atom. The van der Waals surface area contributed by atoms with Gasteiger partial charge in [-0.25, -0.2) is 22.0 Å². The van der Waals surface area contributed by atoms with E-state index in [9.17, 15) is 22.0 Å². The number of benzene rings is 1. The topological polar surface area (TPSA) is 26.0 Å². The quantitative estimate of drug-likeness (QED) is 0.498. The van der Waals surface area contributed by atoms with Crippen molar-refractivity contribution in [1.29, 1.82) is 0 Å². The van der Waals surface area contributed by atoms with Gasteiger partial charge in [0.2, 0.25) is 5.82 Å². The van der Waals surface area contributed by atoms with E-state index in [1.807, 2.05) is 0 Å². The molecule has 2 N–H and O–H groups in total. The molecule has 0 aliphatic rings. The molecular weight excluding hydrogens is 241 g/mol. The molecule has 0 heterocycles. The molecule has 0 saturated heterocycles. The zero-order chi connectivity index (χ0) is 13.3. The number of nitrogens with two attached hydrogens (primary N) is 1. The lowest BCUT2D eigenvalue weighted by Crippen LogP contribution is -2.19. The summed E-state index contributed by atoms with van der Waals surface area (Å²) in [6.07, 6.45) is 0.123. The van der Waals surface area contributed by atoms with E-state index in [2.05, 4.69) is 0 Å². The number of hydrogen-bond acceptors (Lipinski definition) is 1. The first-order valence-electron chi connectivity index (χ1n) is 5.04. The van der Waals surface area contributed by atoms with Gasteiger partial charge >= 0.3 is 0 Å². The van der Waals surface area contributed by atoms with Crippen LogP contribution in [0.1, 0.15) is 31.9 Å². The molecule has 0 fully saturated rings. The highest BCUT2D eigenvalue weighted by molar-refractivity contribution is 5.26. The zero-order valence-electron chi connectivity index (χ0n) is 9.33. The van der Waals surface area contributed by atoms with E-state index in [1.165, 1.54) is 0 Å². The average Bonchev–Trinajstić information content (AvgIpc) is 2.23. The monoisotopic (exact) mass is 253 g/mol. The van der Waals surface area contributed by atoms with Crippen molar-refractivity contribution in [2.24, 2.45) is 11.7 Å². The molecule has 1 aromatic carbocycles. The standard InChI is InChI=1S/C11H12F5N/c1-4(2)3-5(17)6-7(12)9(14)11(16)10(15)8(6)13/h4-5H,3,17H2,1-2H3/t5-/m1/s1. The lowest BCUT2D eigenvalue weighted by Gasteiger charge is -2.16. The number of hydrogen-bond donors (Lipinski definition) is 1. The first-order chi connectivity index (χ1) is 7.77. The molecule has 17 heavy (non-hydrogen) atoms. The highest BCUT2D eigenvalue weighted by Gasteiger charge is 2.28. The van der Waals surface area contributed by atoms with Crippen LogP contribution in [0.15, 0.2) is 0 Å². The SMILES string of the molecule is CC(C)C[C@@H](N)c1c(F)c(F)c(F)c(F)c1F. The maximum atomic E-state index is 13.3. The fourth-order valence-corrected chi connectivity index (χ4v) is 1.57. The van der Waals surface area contributed by atoms with Crippen LogP contribution in [0.2, 0.25) is 0 Å². The van der Waals surface area contributed by atoms with Gasteiger partial charge in [-0.15, -0.1) is 0 Å². The number of halogens is 5. The van der Waals surface area contributed by atoms with E-state index >= 15 is 0 Å². The van der Waals surface area contributed by atoms with Crippen LogP contribution in [0, 0.1) is 35.0 Å². The molecule has 0 aliphatic carbocycles. The second kappa shape index (κ2) is 5.00. The van der Waals surface area contributed by atoms with Gasteiger partial charge in [0.1, 0.15) is 0 Å². The molecule has 1 aromatic rings. The predicted octanol–water partition coefficient (Wildman–Crippen LogP) is 3.43. The van der Waals surface area contributed by atoms with Crippen molar-refractivity contribution in [3.05, 3.63) is 34.6 Å². The molecule has 0 amide bonds. The van der Waals surface area contributed by atoms with Gasteiger partial charge in [0, 0.05) is 11.6 Å². The molecule has 0 aromatic heterocycles. The third-order valence-electron chi connectivity index (χ3n) is 2.34. The molecular formula is C11H12F5N. The maximum Gasteiger partial charge on any atom is 0.200 e. The van der Waals surface area contributed by atoms with Crippen LogP contribution in [0.4, 0.5) is 22.0 Å². The third-order valence-corrected chi connectivity index (χ3v) is 2.34. The van der Waals surface area contributed by atoms with Gasteiger partial charge in [-0.1, -0.05) is 13.8 Å². The summed E-state index contributed by atoms with van der Waals surface area (Å²) in [7, 11) is 0. The van der Waals surface area contributed by atoms with Crippen LogP contribution < -0.4 is 5.73 Å². The van der Waals surface area contributed by atoms with Gasteiger partial charge in [-0.3, -0.25) is 0 Å². The fraction of sp³-hybridized carbons (Fsp3) is 0.455. The molecule has 0 bridgehead atoms. The Morgan fingerprint density at radius 2 is 1.18 bits per heavy atom. The van der Waals surface area contributed by atoms with Crippen LogP contribution in [-0.2, 0) is 0 Å². The Balaban J connectivity index is 3.33. The predicted molar refractivity (Wildman–Crippen MR) is 52.6 cm³/mol. The Hall–Kier alpha value is -1.17. The van der Waals surface area contributed by atoms with Crippen LogP contribution in [0.25, 0.3) is 0 Å². The van der Waals surface area contributed by atoms with Gasteiger partial charge in [-0.05, 0) is 12.3 Å². The molecule has 1 nitrogen and oxygen atoms in total. The minimum atomic E-state index is -2.17. The maximum absolute atomic E-state index is 13.3. The summed E-state index contributed by atoms with van der Waals surface area (Å²) in [6, 6.07) is -1.22. The summed E-state index contributed by atoms with van der Waals surface area (Å²) in [5.74, 6) is -9.82. The van der Waals surface area contributed by atoms with Crippen molar-refractivity contribution in [3.8, 4) is 0 Å². The van der Waals surface area contributed by atoms with Gasteiger partial charge in [0.05, 0.1) is 0 Å². The lowest BCUT2D eigenvalue weighted by molar-refractivity contribution is 0.357. The Labute approximate surface area is 95.4 Å². The second-order valence-corrected chi connectivity index (χ2v) is 4.22. The third kappa shape index (κ3) is 2.57. The van der Waals surface area contributed by atoms with Crippen LogP contribution in [0.3, 0.4) is 0 Å². The highest BCUT2D eigenvalue weighted by Crippen LogP contribution is 2.29. The minimum absolute atomic E-state index is 0.0278. The molecule has 0 aliphatic heterocycles. The summed E-state index contributed by atoms with van der Waals surface area (Å²) in [5.41, 5.74) is 4.50. The zero-order valence-corrected chi connectivity index (χ0v) is 9.33. The van der Waals surface area contributed by atoms with Crippen molar-refractivity contribution in [3.63, 3.8) is 0 Å². The molecule has 96 valence electrons. The molecule has 0 unspecified atom stereocenters. The summed E-state index contributed by atoms with van der Waals surface area (Å²) < 4.78 is 65.1. The number of rotatable bonds is 3.